The van der Waals surface area contributed by atoms with E-state index in [0.29, 0.717) is 11.4 Å². The van der Waals surface area contributed by atoms with Gasteiger partial charge in [-0.25, -0.2) is 4.98 Å². The van der Waals surface area contributed by atoms with E-state index in [4.69, 9.17) is 5.73 Å². The van der Waals surface area contributed by atoms with Gasteiger partial charge in [-0.15, -0.1) is 0 Å². The normalized spacial score (nSPS) is 11.7. The molecule has 0 saturated carbocycles. The molecule has 0 fully saturated rings. The lowest BCUT2D eigenvalue weighted by molar-refractivity contribution is -0.137. The van der Waals surface area contributed by atoms with Crippen molar-refractivity contribution in [2.75, 3.05) is 30.5 Å². The summed E-state index contributed by atoms with van der Waals surface area (Å²) < 4.78 is 38.4. The van der Waals surface area contributed by atoms with Crippen LogP contribution in [0.25, 0.3) is 0 Å². The molecule has 0 amide bonds. The molecule has 23 heavy (non-hydrogen) atoms. The minimum absolute atomic E-state index is 0.0265. The number of hydrogen-bond donors (Lipinski definition) is 3. The molecule has 0 aliphatic carbocycles. The SMILES string of the molecule is CN=Cc1ccc(Nc2ncc(C(F)(F)F)c(NC)n2)cc1N. The zero-order chi connectivity index (χ0) is 17.0. The van der Waals surface area contributed by atoms with E-state index in [1.54, 1.807) is 31.5 Å². The van der Waals surface area contributed by atoms with Crippen LogP contribution in [0.4, 0.5) is 36.3 Å². The number of benzene rings is 1. The van der Waals surface area contributed by atoms with Gasteiger partial charge in [-0.1, -0.05) is 0 Å². The molecule has 0 aliphatic rings. The number of nitrogens with zero attached hydrogens (tertiary/aromatic N) is 3. The Morgan fingerprint density at radius 1 is 1.30 bits per heavy atom. The van der Waals surface area contributed by atoms with Crippen molar-refractivity contribution in [3.8, 4) is 0 Å². The first-order valence-electron chi connectivity index (χ1n) is 6.56. The van der Waals surface area contributed by atoms with E-state index in [9.17, 15) is 13.2 Å². The summed E-state index contributed by atoms with van der Waals surface area (Å²) in [4.78, 5) is 11.4. The predicted octanol–water partition coefficient (Wildman–Crippen LogP) is 2.91. The summed E-state index contributed by atoms with van der Waals surface area (Å²) in [5, 5.41) is 5.23. The number of nitrogen functional groups attached to an aromatic ring is 1. The Morgan fingerprint density at radius 3 is 2.61 bits per heavy atom. The van der Waals surface area contributed by atoms with Crippen LogP contribution in [0.3, 0.4) is 0 Å². The van der Waals surface area contributed by atoms with Crippen molar-refractivity contribution in [1.29, 1.82) is 0 Å². The Labute approximate surface area is 130 Å². The van der Waals surface area contributed by atoms with Gasteiger partial charge < -0.3 is 16.4 Å². The van der Waals surface area contributed by atoms with Crippen molar-refractivity contribution in [3.63, 3.8) is 0 Å². The van der Waals surface area contributed by atoms with Gasteiger partial charge in [0.1, 0.15) is 11.4 Å². The van der Waals surface area contributed by atoms with E-state index in [-0.39, 0.29) is 11.8 Å². The van der Waals surface area contributed by atoms with E-state index >= 15 is 0 Å². The largest absolute Gasteiger partial charge is 0.421 e. The lowest BCUT2D eigenvalue weighted by Crippen LogP contribution is -2.12. The fourth-order valence-corrected chi connectivity index (χ4v) is 1.88. The number of anilines is 4. The van der Waals surface area contributed by atoms with Crippen molar-refractivity contribution in [2.45, 2.75) is 6.18 Å². The molecule has 0 atom stereocenters. The molecule has 1 aromatic heterocycles. The maximum absolute atomic E-state index is 12.8. The highest BCUT2D eigenvalue weighted by molar-refractivity contribution is 5.88. The number of aliphatic imine (C=N–C) groups is 1. The fourth-order valence-electron chi connectivity index (χ4n) is 1.88. The molecule has 0 bridgehead atoms. The van der Waals surface area contributed by atoms with Crippen LogP contribution in [0.5, 0.6) is 0 Å². The van der Waals surface area contributed by atoms with Crippen molar-refractivity contribution < 1.29 is 13.2 Å². The number of nitrogens with one attached hydrogen (secondary N) is 2. The first kappa shape index (κ1) is 16.5. The Morgan fingerprint density at radius 2 is 2.04 bits per heavy atom. The summed E-state index contributed by atoms with van der Waals surface area (Å²) in [5.74, 6) is -0.281. The number of nitrogens with two attached hydrogens (primary N) is 1. The Kier molecular flexibility index (Phi) is 4.68. The smallest absolute Gasteiger partial charge is 0.398 e. The first-order valence-corrected chi connectivity index (χ1v) is 6.56. The molecular formula is C14H15F3N6. The Bertz CT molecular complexity index is 727. The molecule has 9 heteroatoms. The van der Waals surface area contributed by atoms with Gasteiger partial charge in [0, 0.05) is 43.4 Å². The monoisotopic (exact) mass is 324 g/mol. The highest BCUT2D eigenvalue weighted by Crippen LogP contribution is 2.33. The van der Waals surface area contributed by atoms with E-state index in [2.05, 4.69) is 25.6 Å². The Balaban J connectivity index is 2.29. The van der Waals surface area contributed by atoms with E-state index in [1.165, 1.54) is 7.05 Å². The summed E-state index contributed by atoms with van der Waals surface area (Å²) in [5.41, 5.74) is 6.70. The zero-order valence-electron chi connectivity index (χ0n) is 12.4. The number of hydrogen-bond acceptors (Lipinski definition) is 6. The molecule has 0 aliphatic heterocycles. The van der Waals surface area contributed by atoms with Gasteiger partial charge >= 0.3 is 6.18 Å². The van der Waals surface area contributed by atoms with Crippen LogP contribution in [0.15, 0.2) is 29.4 Å². The highest BCUT2D eigenvalue weighted by Gasteiger charge is 2.35. The molecule has 2 rings (SSSR count). The summed E-state index contributed by atoms with van der Waals surface area (Å²) in [6.07, 6.45) is -2.20. The van der Waals surface area contributed by atoms with Gasteiger partial charge in [-0.3, -0.25) is 4.99 Å². The molecule has 0 unspecified atom stereocenters. The molecule has 4 N–H and O–H groups in total. The maximum atomic E-state index is 12.8. The van der Waals surface area contributed by atoms with Crippen LogP contribution < -0.4 is 16.4 Å². The van der Waals surface area contributed by atoms with E-state index in [0.717, 1.165) is 11.8 Å². The fraction of sp³-hybridized carbons (Fsp3) is 0.214. The third-order valence-electron chi connectivity index (χ3n) is 2.94. The average molecular weight is 324 g/mol. The van der Waals surface area contributed by atoms with Crippen molar-refractivity contribution >= 4 is 29.4 Å². The van der Waals surface area contributed by atoms with Gasteiger partial charge in [-0.05, 0) is 18.2 Å². The topological polar surface area (TPSA) is 88.2 Å². The number of rotatable bonds is 4. The van der Waals surface area contributed by atoms with Gasteiger partial charge in [-0.2, -0.15) is 18.2 Å². The van der Waals surface area contributed by atoms with Gasteiger partial charge in [0.2, 0.25) is 5.95 Å². The van der Waals surface area contributed by atoms with Crippen LogP contribution in [-0.2, 0) is 6.18 Å². The predicted molar refractivity (Wildman–Crippen MR) is 84.2 cm³/mol. The Hall–Kier alpha value is -2.84. The summed E-state index contributed by atoms with van der Waals surface area (Å²) in [6.45, 7) is 0. The van der Waals surface area contributed by atoms with Crippen LogP contribution >= 0.6 is 0 Å². The third kappa shape index (κ3) is 3.87. The number of halogens is 3. The molecule has 1 heterocycles. The van der Waals surface area contributed by atoms with Crippen molar-refractivity contribution in [2.24, 2.45) is 4.99 Å². The molecule has 1 aromatic carbocycles. The van der Waals surface area contributed by atoms with E-state index < -0.39 is 11.7 Å². The summed E-state index contributed by atoms with van der Waals surface area (Å²) in [6, 6.07) is 5.05. The summed E-state index contributed by atoms with van der Waals surface area (Å²) in [7, 11) is 2.99. The molecule has 0 spiro atoms. The minimum atomic E-state index is -4.53. The van der Waals surface area contributed by atoms with Crippen molar-refractivity contribution in [1.82, 2.24) is 9.97 Å². The molecule has 122 valence electrons. The third-order valence-corrected chi connectivity index (χ3v) is 2.94. The molecular weight excluding hydrogens is 309 g/mol. The quantitative estimate of drug-likeness (QED) is 0.594. The van der Waals surface area contributed by atoms with Crippen LogP contribution in [0, 0.1) is 0 Å². The summed E-state index contributed by atoms with van der Waals surface area (Å²) >= 11 is 0. The average Bonchev–Trinajstić information content (AvgIpc) is 2.49. The molecule has 0 saturated heterocycles. The zero-order valence-corrected chi connectivity index (χ0v) is 12.4. The lowest BCUT2D eigenvalue weighted by Gasteiger charge is -2.13. The van der Waals surface area contributed by atoms with Crippen LogP contribution in [0.1, 0.15) is 11.1 Å². The number of alkyl halides is 3. The second-order valence-electron chi connectivity index (χ2n) is 4.56. The maximum Gasteiger partial charge on any atom is 0.421 e. The van der Waals surface area contributed by atoms with Gasteiger partial charge in [0.15, 0.2) is 0 Å². The molecule has 0 radical (unpaired) electrons. The van der Waals surface area contributed by atoms with Gasteiger partial charge in [0.25, 0.3) is 0 Å². The second kappa shape index (κ2) is 6.51. The highest BCUT2D eigenvalue weighted by atomic mass is 19.4. The minimum Gasteiger partial charge on any atom is -0.398 e. The van der Waals surface area contributed by atoms with Gasteiger partial charge in [0.05, 0.1) is 0 Å². The molecule has 6 nitrogen and oxygen atoms in total. The lowest BCUT2D eigenvalue weighted by atomic mass is 10.2. The standard InChI is InChI=1S/C14H15F3N6/c1-19-6-8-3-4-9(5-11(8)18)22-13-21-7-10(14(15,16)17)12(20-2)23-13/h3-7H,18H2,1-2H3,(H2,20,21,22,23). The van der Waals surface area contributed by atoms with Crippen LogP contribution in [-0.4, -0.2) is 30.3 Å². The number of aromatic nitrogens is 2. The first-order chi connectivity index (χ1) is 10.8. The van der Waals surface area contributed by atoms with Crippen molar-refractivity contribution in [3.05, 3.63) is 35.5 Å². The second-order valence-corrected chi connectivity index (χ2v) is 4.56. The van der Waals surface area contributed by atoms with Crippen LogP contribution in [0.2, 0.25) is 0 Å². The van der Waals surface area contributed by atoms with E-state index in [1.807, 2.05) is 0 Å². The molecule has 2 aromatic rings.